The molecule has 3 aromatic rings. The van der Waals surface area contributed by atoms with Gasteiger partial charge in [0.05, 0.1) is 27.2 Å². The zero-order chi connectivity index (χ0) is 18.3. The van der Waals surface area contributed by atoms with Crippen molar-refractivity contribution in [3.63, 3.8) is 0 Å². The number of thiazole rings is 1. The maximum atomic E-state index is 11.1. The van der Waals surface area contributed by atoms with E-state index in [1.54, 1.807) is 18.2 Å². The lowest BCUT2D eigenvalue weighted by atomic mass is 10.2. The van der Waals surface area contributed by atoms with Gasteiger partial charge in [0, 0.05) is 6.08 Å². The van der Waals surface area contributed by atoms with Crippen molar-refractivity contribution in [2.24, 2.45) is 9.98 Å². The van der Waals surface area contributed by atoms with Crippen LogP contribution in [0.4, 0.5) is 0 Å². The Morgan fingerprint density at radius 1 is 1.15 bits per heavy atom. The number of carboxylic acid groups (broad SMARTS) is 1. The highest BCUT2D eigenvalue weighted by Crippen LogP contribution is 2.32. The van der Waals surface area contributed by atoms with E-state index in [2.05, 4.69) is 9.98 Å². The van der Waals surface area contributed by atoms with Gasteiger partial charge in [0.1, 0.15) is 0 Å². The zero-order valence-corrected chi connectivity index (χ0v) is 14.8. The van der Waals surface area contributed by atoms with Crippen molar-refractivity contribution in [2.75, 3.05) is 0 Å². The van der Waals surface area contributed by atoms with Crippen molar-refractivity contribution >= 4 is 35.6 Å². The second-order valence-corrected chi connectivity index (χ2v) is 7.12. The van der Waals surface area contributed by atoms with E-state index in [1.165, 1.54) is 28.0 Å². The smallest absolute Gasteiger partial charge is 0.215 e. The van der Waals surface area contributed by atoms with E-state index in [9.17, 15) is 15.0 Å². The molecule has 0 spiro atoms. The summed E-state index contributed by atoms with van der Waals surface area (Å²) in [5, 5.41) is 23.2. The highest BCUT2D eigenvalue weighted by Gasteiger charge is 2.14. The van der Waals surface area contributed by atoms with Crippen molar-refractivity contribution in [2.45, 2.75) is 0 Å². The summed E-state index contributed by atoms with van der Waals surface area (Å²) < 4.78 is 1.78. The molecule has 4 rings (SSSR count). The number of rotatable bonds is 3. The Morgan fingerprint density at radius 3 is 2.50 bits per heavy atom. The lowest BCUT2D eigenvalue weighted by Crippen LogP contribution is -2.22. The molecule has 0 unspecified atom stereocenters. The summed E-state index contributed by atoms with van der Waals surface area (Å²) >= 11 is 6.51. The molecule has 2 heterocycles. The van der Waals surface area contributed by atoms with Crippen LogP contribution in [0.15, 0.2) is 64.3 Å². The number of aromatic carboxylic acids is 1. The van der Waals surface area contributed by atoms with Crippen molar-refractivity contribution in [1.29, 1.82) is 0 Å². The van der Waals surface area contributed by atoms with Gasteiger partial charge in [-0.2, -0.15) is 0 Å². The summed E-state index contributed by atoms with van der Waals surface area (Å²) in [6, 6.07) is 13.5. The average molecular weight is 380 g/mol. The van der Waals surface area contributed by atoms with Crippen LogP contribution in [0.2, 0.25) is 0 Å². The molecule has 1 aromatic heterocycles. The highest BCUT2D eigenvalue weighted by molar-refractivity contribution is 7.73. The number of aromatic hydroxyl groups is 1. The third-order valence-corrected chi connectivity index (χ3v) is 5.07. The van der Waals surface area contributed by atoms with E-state index in [0.29, 0.717) is 20.3 Å². The number of aromatic nitrogens is 1. The van der Waals surface area contributed by atoms with Gasteiger partial charge in [-0.05, 0) is 42.0 Å². The summed E-state index contributed by atoms with van der Waals surface area (Å²) in [6.45, 7) is 0. The van der Waals surface area contributed by atoms with Crippen LogP contribution in [-0.4, -0.2) is 15.6 Å². The minimum Gasteiger partial charge on any atom is -0.545 e. The number of carbonyl (C=O) groups is 1. The SMILES string of the molecule is O=C([O-])c1cccc(-n2c(O)c(C=C3N=c4ccccc4=N3)sc2=S)c1. The molecular weight excluding hydrogens is 370 g/mol. The fraction of sp³-hybridized carbons (Fsp3) is 0. The molecule has 0 saturated heterocycles. The second kappa shape index (κ2) is 6.32. The Hall–Kier alpha value is -3.10. The molecule has 6 nitrogen and oxygen atoms in total. The van der Waals surface area contributed by atoms with Crippen LogP contribution in [0, 0.1) is 3.95 Å². The molecule has 128 valence electrons. The van der Waals surface area contributed by atoms with Crippen LogP contribution in [0.3, 0.4) is 0 Å². The van der Waals surface area contributed by atoms with Gasteiger partial charge in [-0.1, -0.05) is 24.3 Å². The number of benzene rings is 2. The molecule has 8 heteroatoms. The largest absolute Gasteiger partial charge is 0.545 e. The van der Waals surface area contributed by atoms with E-state index in [0.717, 1.165) is 10.7 Å². The first-order valence-electron chi connectivity index (χ1n) is 7.54. The first-order chi connectivity index (χ1) is 12.5. The lowest BCUT2D eigenvalue weighted by molar-refractivity contribution is -0.255. The van der Waals surface area contributed by atoms with E-state index in [1.807, 2.05) is 24.3 Å². The number of hydrogen-bond acceptors (Lipinski definition) is 7. The molecule has 0 amide bonds. The summed E-state index contributed by atoms with van der Waals surface area (Å²) in [5.74, 6) is -0.922. The van der Waals surface area contributed by atoms with Crippen LogP contribution >= 0.6 is 23.6 Å². The van der Waals surface area contributed by atoms with Crippen LogP contribution in [-0.2, 0) is 0 Å². The maximum Gasteiger partial charge on any atom is 0.215 e. The van der Waals surface area contributed by atoms with Crippen molar-refractivity contribution in [3.8, 4) is 11.6 Å². The fourth-order valence-corrected chi connectivity index (χ4v) is 3.86. The summed E-state index contributed by atoms with van der Waals surface area (Å²) in [4.78, 5) is 20.3. The van der Waals surface area contributed by atoms with Gasteiger partial charge >= 0.3 is 0 Å². The number of para-hydroxylation sites is 2. The Bertz CT molecular complexity index is 1220. The van der Waals surface area contributed by atoms with Crippen molar-refractivity contribution in [1.82, 2.24) is 4.57 Å². The minimum absolute atomic E-state index is 0.00569. The standard InChI is InChI=1S/C18H11N3O3S2/c22-16-14(9-15-19-12-6-1-2-7-13(12)20-15)26-18(25)21(16)11-5-3-4-10(8-11)17(23)24/h1-9,22H,(H,23,24)/p-1. The van der Waals surface area contributed by atoms with Crippen LogP contribution < -0.4 is 15.8 Å². The fourth-order valence-electron chi connectivity index (χ4n) is 2.58. The topological polar surface area (TPSA) is 90.0 Å². The summed E-state index contributed by atoms with van der Waals surface area (Å²) in [7, 11) is 0. The van der Waals surface area contributed by atoms with Gasteiger partial charge in [-0.25, -0.2) is 9.98 Å². The minimum atomic E-state index is -1.29. The Morgan fingerprint density at radius 2 is 1.85 bits per heavy atom. The molecule has 2 aromatic carbocycles. The quantitative estimate of drug-likeness (QED) is 0.699. The van der Waals surface area contributed by atoms with Gasteiger partial charge in [-0.15, -0.1) is 11.3 Å². The van der Waals surface area contributed by atoms with Crippen LogP contribution in [0.1, 0.15) is 15.2 Å². The Kier molecular flexibility index (Phi) is 3.98. The van der Waals surface area contributed by atoms with Gasteiger partial charge in [0.25, 0.3) is 0 Å². The highest BCUT2D eigenvalue weighted by atomic mass is 32.1. The number of carbonyl (C=O) groups excluding carboxylic acids is 1. The van der Waals surface area contributed by atoms with E-state index < -0.39 is 5.97 Å². The van der Waals surface area contributed by atoms with Gasteiger partial charge < -0.3 is 15.0 Å². The summed E-state index contributed by atoms with van der Waals surface area (Å²) in [6.07, 6.45) is 1.65. The summed E-state index contributed by atoms with van der Waals surface area (Å²) in [5.41, 5.74) is 0.449. The third kappa shape index (κ3) is 2.85. The predicted octanol–water partition coefficient (Wildman–Crippen LogP) is 1.59. The van der Waals surface area contributed by atoms with E-state index >= 15 is 0 Å². The molecule has 1 N–H and O–H groups in total. The Balaban J connectivity index is 1.80. The molecule has 0 radical (unpaired) electrons. The molecule has 1 aliphatic rings. The third-order valence-electron chi connectivity index (χ3n) is 3.76. The predicted molar refractivity (Wildman–Crippen MR) is 97.2 cm³/mol. The molecule has 0 atom stereocenters. The number of nitrogens with zero attached hydrogens (tertiary/aromatic N) is 3. The molecule has 1 aliphatic heterocycles. The number of carboxylic acids is 1. The van der Waals surface area contributed by atoms with Gasteiger partial charge in [0.15, 0.2) is 9.78 Å². The average Bonchev–Trinajstić information content (AvgIpc) is 3.15. The van der Waals surface area contributed by atoms with E-state index in [4.69, 9.17) is 12.2 Å². The molecule has 0 fully saturated rings. The van der Waals surface area contributed by atoms with Crippen molar-refractivity contribution in [3.05, 3.63) is 79.5 Å². The van der Waals surface area contributed by atoms with Crippen LogP contribution in [0.25, 0.3) is 11.8 Å². The zero-order valence-electron chi connectivity index (χ0n) is 13.1. The first-order valence-corrected chi connectivity index (χ1v) is 8.76. The molecule has 0 bridgehead atoms. The molecule has 0 aliphatic carbocycles. The molecule has 26 heavy (non-hydrogen) atoms. The maximum absolute atomic E-state index is 11.1. The lowest BCUT2D eigenvalue weighted by Gasteiger charge is -2.08. The van der Waals surface area contributed by atoms with Crippen LogP contribution in [0.5, 0.6) is 5.88 Å². The van der Waals surface area contributed by atoms with Crippen molar-refractivity contribution < 1.29 is 15.0 Å². The van der Waals surface area contributed by atoms with Gasteiger partial charge in [-0.3, -0.25) is 4.57 Å². The first kappa shape index (κ1) is 16.4. The second-order valence-electron chi connectivity index (χ2n) is 5.44. The van der Waals surface area contributed by atoms with Gasteiger partial charge in [0.2, 0.25) is 5.88 Å². The Labute approximate surface area is 156 Å². The monoisotopic (exact) mass is 380 g/mol. The molecule has 0 saturated carbocycles. The number of fused-ring (bicyclic) bond motifs is 1. The molecular formula is C18H10N3O3S2-. The normalized spacial score (nSPS) is 12.2. The van der Waals surface area contributed by atoms with E-state index in [-0.39, 0.29) is 11.4 Å². The number of hydrogen-bond donors (Lipinski definition) is 1.